The zero-order chi connectivity index (χ0) is 31.3. The molecule has 4 heteroatoms. The second-order valence-corrected chi connectivity index (χ2v) is 12.7. The van der Waals surface area contributed by atoms with Crippen molar-refractivity contribution in [3.63, 3.8) is 0 Å². The number of rotatable bonds is 6. The van der Waals surface area contributed by atoms with E-state index in [0.29, 0.717) is 12.0 Å². The summed E-state index contributed by atoms with van der Waals surface area (Å²) in [5.74, 6) is 6.52. The summed E-state index contributed by atoms with van der Waals surface area (Å²) >= 11 is 0. The van der Waals surface area contributed by atoms with Crippen LogP contribution in [0.1, 0.15) is 47.1 Å². The normalized spacial score (nSPS) is 17.8. The van der Waals surface area contributed by atoms with Crippen LogP contribution in [0.5, 0.6) is 0 Å². The van der Waals surface area contributed by atoms with Crippen molar-refractivity contribution >= 4 is 38.9 Å². The lowest BCUT2D eigenvalue weighted by Crippen LogP contribution is -2.31. The number of furan rings is 1. The second-order valence-electron chi connectivity index (χ2n) is 12.7. The van der Waals surface area contributed by atoms with E-state index in [0.717, 1.165) is 45.9 Å². The Morgan fingerprint density at radius 3 is 2.28 bits per heavy atom. The monoisotopic (exact) mass is 609 g/mol. The molecular formula is C43H35N3O. The zero-order valence-corrected chi connectivity index (χ0v) is 26.0. The van der Waals surface area contributed by atoms with Gasteiger partial charge in [0.2, 0.25) is 0 Å². The molecule has 0 saturated carbocycles. The van der Waals surface area contributed by atoms with Crippen molar-refractivity contribution in [3.8, 4) is 11.1 Å². The molecule has 3 N–H and O–H groups in total. The molecule has 9 rings (SSSR count). The third-order valence-corrected chi connectivity index (χ3v) is 10.1. The molecule has 0 bridgehead atoms. The maximum atomic E-state index is 6.36. The Balaban J connectivity index is 1.10. The Bertz CT molecular complexity index is 2270. The summed E-state index contributed by atoms with van der Waals surface area (Å²) in [5, 5.41) is 2.19. The van der Waals surface area contributed by atoms with Gasteiger partial charge in [-0.05, 0) is 94.3 Å². The van der Waals surface area contributed by atoms with Crippen LogP contribution in [0.4, 0.5) is 11.4 Å². The maximum Gasteiger partial charge on any atom is 0.135 e. The first-order valence-corrected chi connectivity index (χ1v) is 16.5. The first-order valence-electron chi connectivity index (χ1n) is 16.5. The number of hydrazine groups is 1. The van der Waals surface area contributed by atoms with E-state index in [1.165, 1.54) is 39.2 Å². The van der Waals surface area contributed by atoms with Crippen molar-refractivity contribution in [2.45, 2.75) is 30.8 Å². The highest BCUT2D eigenvalue weighted by Gasteiger charge is 2.40. The number of fused-ring (bicyclic) bond motifs is 6. The van der Waals surface area contributed by atoms with Gasteiger partial charge in [0.05, 0.1) is 6.04 Å². The summed E-state index contributed by atoms with van der Waals surface area (Å²) in [6.07, 6.45) is 4.69. The van der Waals surface area contributed by atoms with Gasteiger partial charge in [0.1, 0.15) is 11.2 Å². The number of hydrogen-bond donors (Lipinski definition) is 2. The van der Waals surface area contributed by atoms with Gasteiger partial charge in [-0.2, -0.15) is 0 Å². The number of nitrogens with zero attached hydrogens (tertiary/aromatic N) is 1. The molecule has 1 aliphatic heterocycles. The number of allylic oxidation sites excluding steroid dienone is 1. The van der Waals surface area contributed by atoms with Gasteiger partial charge in [-0.15, -0.1) is 0 Å². The van der Waals surface area contributed by atoms with E-state index in [4.69, 9.17) is 10.3 Å². The minimum Gasteiger partial charge on any atom is -0.456 e. The van der Waals surface area contributed by atoms with Crippen LogP contribution in [-0.2, 0) is 0 Å². The first kappa shape index (κ1) is 27.9. The zero-order valence-electron chi connectivity index (χ0n) is 26.0. The molecule has 228 valence electrons. The quantitative estimate of drug-likeness (QED) is 0.146. The number of anilines is 2. The minimum absolute atomic E-state index is 0.159. The predicted octanol–water partition coefficient (Wildman–Crippen LogP) is 10.3. The van der Waals surface area contributed by atoms with Crippen molar-refractivity contribution in [3.05, 3.63) is 174 Å². The lowest BCUT2D eigenvalue weighted by molar-refractivity contribution is 0.572. The molecule has 7 aromatic rings. The molecule has 0 saturated heterocycles. The third kappa shape index (κ3) is 4.68. The van der Waals surface area contributed by atoms with Crippen LogP contribution in [0.15, 0.2) is 156 Å². The molecule has 2 heterocycles. The van der Waals surface area contributed by atoms with E-state index in [2.05, 4.69) is 132 Å². The minimum atomic E-state index is -0.159. The van der Waals surface area contributed by atoms with E-state index in [9.17, 15) is 0 Å². The van der Waals surface area contributed by atoms with Crippen LogP contribution in [0.3, 0.4) is 0 Å². The highest BCUT2D eigenvalue weighted by atomic mass is 16.3. The fourth-order valence-corrected chi connectivity index (χ4v) is 7.99. The van der Waals surface area contributed by atoms with Gasteiger partial charge < -0.3 is 9.32 Å². The summed E-state index contributed by atoms with van der Waals surface area (Å²) in [6.45, 7) is 0. The lowest BCUT2D eigenvalue weighted by Gasteiger charge is -2.33. The Labute approximate surface area is 274 Å². The Morgan fingerprint density at radius 2 is 1.43 bits per heavy atom. The van der Waals surface area contributed by atoms with Crippen molar-refractivity contribution in [2.75, 3.05) is 4.90 Å². The van der Waals surface area contributed by atoms with Gasteiger partial charge in [0, 0.05) is 34.1 Å². The number of nitrogens with one attached hydrogen (secondary N) is 1. The summed E-state index contributed by atoms with van der Waals surface area (Å²) in [6, 6.07) is 52.2. The van der Waals surface area contributed by atoms with Gasteiger partial charge in [0.25, 0.3) is 0 Å². The van der Waals surface area contributed by atoms with Crippen LogP contribution in [0.2, 0.25) is 0 Å². The summed E-state index contributed by atoms with van der Waals surface area (Å²) in [7, 11) is 0. The molecule has 2 aliphatic rings. The molecule has 1 aromatic heterocycles. The molecule has 6 aromatic carbocycles. The van der Waals surface area contributed by atoms with E-state index in [1.54, 1.807) is 0 Å². The Hall–Kier alpha value is -5.42. The lowest BCUT2D eigenvalue weighted by atomic mass is 9.81. The van der Waals surface area contributed by atoms with E-state index >= 15 is 0 Å². The van der Waals surface area contributed by atoms with Crippen molar-refractivity contribution in [1.29, 1.82) is 0 Å². The number of para-hydroxylation sites is 2. The molecular weight excluding hydrogens is 574 g/mol. The highest BCUT2D eigenvalue weighted by molar-refractivity contribution is 6.08. The van der Waals surface area contributed by atoms with Crippen LogP contribution in [0.25, 0.3) is 38.6 Å². The predicted molar refractivity (Wildman–Crippen MR) is 194 cm³/mol. The second kappa shape index (κ2) is 11.4. The SMILES string of the molecule is NNC(c1ccccc1)c1cccc2oc3ccc(-c4cccc(C5=CC6c7ccccc7N(c7ccccc7)C6CC5)c4)cc3c12. The number of benzene rings is 6. The molecule has 3 atom stereocenters. The summed E-state index contributed by atoms with van der Waals surface area (Å²) in [4.78, 5) is 2.56. The van der Waals surface area contributed by atoms with E-state index in [-0.39, 0.29) is 6.04 Å². The van der Waals surface area contributed by atoms with Crippen LogP contribution in [-0.4, -0.2) is 6.04 Å². The Morgan fingerprint density at radius 1 is 0.681 bits per heavy atom. The van der Waals surface area contributed by atoms with Crippen LogP contribution in [0, 0.1) is 0 Å². The highest BCUT2D eigenvalue weighted by Crippen LogP contribution is 2.51. The summed E-state index contributed by atoms with van der Waals surface area (Å²) in [5.41, 5.74) is 16.1. The van der Waals surface area contributed by atoms with Crippen molar-refractivity contribution in [1.82, 2.24) is 5.43 Å². The molecule has 1 aliphatic carbocycles. The molecule has 0 amide bonds. The number of hydrogen-bond acceptors (Lipinski definition) is 4. The molecule has 47 heavy (non-hydrogen) atoms. The van der Waals surface area contributed by atoms with E-state index in [1.807, 2.05) is 30.3 Å². The molecule has 0 fully saturated rings. The third-order valence-electron chi connectivity index (χ3n) is 10.1. The number of nitrogens with two attached hydrogens (primary N) is 1. The van der Waals surface area contributed by atoms with Gasteiger partial charge in [-0.3, -0.25) is 5.84 Å². The topological polar surface area (TPSA) is 54.4 Å². The fourth-order valence-electron chi connectivity index (χ4n) is 7.99. The maximum absolute atomic E-state index is 6.36. The summed E-state index contributed by atoms with van der Waals surface area (Å²) < 4.78 is 6.36. The standard InChI is InChI=1S/C43H35N3O/c44-45-43(28-11-3-1-4-12-28)35-18-10-20-41-42(35)37-27-32(22-24-40(37)47-41)30-14-9-13-29(25-30)31-21-23-39-36(26-31)34-17-7-8-19-38(34)46(39)33-15-5-2-6-16-33/h1-20,22,24-27,36,39,43,45H,21,23,44H2. The fraction of sp³-hybridized carbons (Fsp3) is 0.116. The van der Waals surface area contributed by atoms with Gasteiger partial charge >= 0.3 is 0 Å². The van der Waals surface area contributed by atoms with Gasteiger partial charge in [-0.1, -0.05) is 109 Å². The van der Waals surface area contributed by atoms with Crippen molar-refractivity contribution < 1.29 is 4.42 Å². The first-order chi connectivity index (χ1) is 23.3. The van der Waals surface area contributed by atoms with Crippen molar-refractivity contribution in [2.24, 2.45) is 5.84 Å². The van der Waals surface area contributed by atoms with Gasteiger partial charge in [-0.25, -0.2) is 5.43 Å². The molecule has 0 spiro atoms. The van der Waals surface area contributed by atoms with Crippen LogP contribution >= 0.6 is 0 Å². The average Bonchev–Trinajstić information content (AvgIpc) is 3.68. The molecule has 0 radical (unpaired) electrons. The largest absolute Gasteiger partial charge is 0.456 e. The van der Waals surface area contributed by atoms with Gasteiger partial charge in [0.15, 0.2) is 0 Å². The average molecular weight is 610 g/mol. The van der Waals surface area contributed by atoms with E-state index < -0.39 is 0 Å². The smallest absolute Gasteiger partial charge is 0.135 e. The molecule has 4 nitrogen and oxygen atoms in total. The molecule has 3 unspecified atom stereocenters. The Kier molecular flexibility index (Phi) is 6.77. The van der Waals surface area contributed by atoms with Crippen LogP contribution < -0.4 is 16.2 Å².